The van der Waals surface area contributed by atoms with Crippen LogP contribution < -0.4 is 14.8 Å². The highest BCUT2D eigenvalue weighted by molar-refractivity contribution is 9.10. The molecule has 0 radical (unpaired) electrons. The van der Waals surface area contributed by atoms with Gasteiger partial charge < -0.3 is 14.8 Å². The summed E-state index contributed by atoms with van der Waals surface area (Å²) in [5, 5.41) is 3.27. The molecule has 3 aromatic rings. The van der Waals surface area contributed by atoms with Crippen LogP contribution in [0.4, 0.5) is 10.1 Å². The smallest absolute Gasteiger partial charge is 0.264 e. The zero-order valence-electron chi connectivity index (χ0n) is 17.0. The Morgan fingerprint density at radius 3 is 2.69 bits per heavy atom. The number of aliphatic imine (C=N–C) groups is 1. The van der Waals surface area contributed by atoms with Gasteiger partial charge in [-0.1, -0.05) is 28.1 Å². The fourth-order valence-electron chi connectivity index (χ4n) is 2.95. The van der Waals surface area contributed by atoms with E-state index in [1.807, 2.05) is 24.3 Å². The van der Waals surface area contributed by atoms with Gasteiger partial charge in [-0.2, -0.15) is 0 Å². The third-order valence-corrected chi connectivity index (χ3v) is 5.90. The van der Waals surface area contributed by atoms with Crippen molar-refractivity contribution in [1.82, 2.24) is 5.32 Å². The van der Waals surface area contributed by atoms with Gasteiger partial charge in [0.2, 0.25) is 0 Å². The van der Waals surface area contributed by atoms with Gasteiger partial charge in [0, 0.05) is 10.0 Å². The number of ether oxygens (including phenoxy) is 2. The third-order valence-electron chi connectivity index (χ3n) is 4.50. The Bertz CT molecular complexity index is 1210. The molecule has 1 aliphatic rings. The zero-order chi connectivity index (χ0) is 22.5. The van der Waals surface area contributed by atoms with E-state index in [9.17, 15) is 9.18 Å². The molecule has 4 rings (SSSR count). The van der Waals surface area contributed by atoms with Crippen LogP contribution in [0.5, 0.6) is 11.5 Å². The number of hydrogen-bond acceptors (Lipinski definition) is 5. The average Bonchev–Trinajstić information content (AvgIpc) is 3.12. The number of hydrogen-bond donors (Lipinski definition) is 1. The Kier molecular flexibility index (Phi) is 6.92. The predicted octanol–water partition coefficient (Wildman–Crippen LogP) is 6.07. The normalized spacial score (nSPS) is 15.8. The molecule has 1 saturated heterocycles. The lowest BCUT2D eigenvalue weighted by atomic mass is 10.1. The van der Waals surface area contributed by atoms with Crippen LogP contribution in [0.15, 0.2) is 81.1 Å². The van der Waals surface area contributed by atoms with Gasteiger partial charge in [0.25, 0.3) is 5.91 Å². The van der Waals surface area contributed by atoms with Crippen LogP contribution in [-0.2, 0) is 11.4 Å². The second-order valence-corrected chi connectivity index (χ2v) is 8.73. The minimum atomic E-state index is -0.313. The molecular formula is C24H18BrFN2O3S. The summed E-state index contributed by atoms with van der Waals surface area (Å²) < 4.78 is 25.3. The largest absolute Gasteiger partial charge is 0.497 e. The molecule has 0 spiro atoms. The summed E-state index contributed by atoms with van der Waals surface area (Å²) in [6.07, 6.45) is 1.75. The maximum absolute atomic E-state index is 13.4. The first kappa shape index (κ1) is 22.1. The van der Waals surface area contributed by atoms with E-state index in [0.717, 1.165) is 15.8 Å². The van der Waals surface area contributed by atoms with Gasteiger partial charge in [0.15, 0.2) is 5.17 Å². The van der Waals surface area contributed by atoms with Crippen LogP contribution >= 0.6 is 27.7 Å². The molecule has 1 fully saturated rings. The van der Waals surface area contributed by atoms with E-state index >= 15 is 0 Å². The monoisotopic (exact) mass is 512 g/mol. The quantitative estimate of drug-likeness (QED) is 0.407. The third kappa shape index (κ3) is 5.57. The van der Waals surface area contributed by atoms with Crippen molar-refractivity contribution in [2.75, 3.05) is 7.11 Å². The van der Waals surface area contributed by atoms with Crippen molar-refractivity contribution in [2.45, 2.75) is 6.61 Å². The van der Waals surface area contributed by atoms with Crippen molar-refractivity contribution in [2.24, 2.45) is 4.99 Å². The molecule has 1 heterocycles. The fraction of sp³-hybridized carbons (Fsp3) is 0.0833. The van der Waals surface area contributed by atoms with E-state index in [2.05, 4.69) is 26.2 Å². The Morgan fingerprint density at radius 2 is 1.94 bits per heavy atom. The number of benzene rings is 3. The molecule has 8 heteroatoms. The first-order valence-corrected chi connectivity index (χ1v) is 11.2. The van der Waals surface area contributed by atoms with Gasteiger partial charge in [0.05, 0.1) is 17.7 Å². The highest BCUT2D eigenvalue weighted by Crippen LogP contribution is 2.32. The summed E-state index contributed by atoms with van der Waals surface area (Å²) in [5.41, 5.74) is 2.14. The SMILES string of the molecule is COc1ccc(N=C2NC(=O)C(=Cc3cc(Br)ccc3OCc3cccc(F)c3)S2)cc1. The number of rotatable bonds is 6. The summed E-state index contributed by atoms with van der Waals surface area (Å²) >= 11 is 4.71. The molecule has 0 unspecified atom stereocenters. The molecule has 1 amide bonds. The van der Waals surface area contributed by atoms with Gasteiger partial charge in [-0.3, -0.25) is 4.79 Å². The van der Waals surface area contributed by atoms with Crippen LogP contribution in [0, 0.1) is 5.82 Å². The number of nitrogens with zero attached hydrogens (tertiary/aromatic N) is 1. The van der Waals surface area contributed by atoms with Crippen LogP contribution in [0.25, 0.3) is 6.08 Å². The lowest BCUT2D eigenvalue weighted by Crippen LogP contribution is -2.19. The number of methoxy groups -OCH3 is 1. The van der Waals surface area contributed by atoms with Crippen LogP contribution in [0.2, 0.25) is 0 Å². The number of carbonyl (C=O) groups excluding carboxylic acids is 1. The Labute approximate surface area is 197 Å². The van der Waals surface area contributed by atoms with Crippen molar-refractivity contribution < 1.29 is 18.7 Å². The van der Waals surface area contributed by atoms with Crippen molar-refractivity contribution in [1.29, 1.82) is 0 Å². The van der Waals surface area contributed by atoms with Crippen molar-refractivity contribution in [3.8, 4) is 11.5 Å². The molecule has 0 atom stereocenters. The van der Waals surface area contributed by atoms with E-state index < -0.39 is 0 Å². The van der Waals surface area contributed by atoms with Gasteiger partial charge in [-0.25, -0.2) is 9.38 Å². The topological polar surface area (TPSA) is 59.9 Å². The summed E-state index contributed by atoms with van der Waals surface area (Å²) in [7, 11) is 1.60. The Balaban J connectivity index is 1.54. The van der Waals surface area contributed by atoms with Crippen molar-refractivity contribution in [3.05, 3.63) is 93.1 Å². The van der Waals surface area contributed by atoms with Crippen molar-refractivity contribution >= 4 is 50.5 Å². The maximum atomic E-state index is 13.4. The van der Waals surface area contributed by atoms with E-state index in [-0.39, 0.29) is 18.3 Å². The van der Waals surface area contributed by atoms with Crippen LogP contribution in [0.1, 0.15) is 11.1 Å². The number of carbonyl (C=O) groups is 1. The van der Waals surface area contributed by atoms with Gasteiger partial charge in [0.1, 0.15) is 23.9 Å². The molecule has 0 aromatic heterocycles. The zero-order valence-corrected chi connectivity index (χ0v) is 19.4. The Morgan fingerprint density at radius 1 is 1.12 bits per heavy atom. The van der Waals surface area contributed by atoms with Crippen molar-refractivity contribution in [3.63, 3.8) is 0 Å². The van der Waals surface area contributed by atoms with Gasteiger partial charge in [-0.15, -0.1) is 0 Å². The molecule has 0 aliphatic carbocycles. The molecule has 1 aliphatic heterocycles. The highest BCUT2D eigenvalue weighted by atomic mass is 79.9. The highest BCUT2D eigenvalue weighted by Gasteiger charge is 2.24. The van der Waals surface area contributed by atoms with E-state index in [4.69, 9.17) is 9.47 Å². The van der Waals surface area contributed by atoms with Crippen LogP contribution in [0.3, 0.4) is 0 Å². The first-order valence-electron chi connectivity index (χ1n) is 9.60. The molecule has 5 nitrogen and oxygen atoms in total. The molecular weight excluding hydrogens is 495 g/mol. The molecule has 0 bridgehead atoms. The summed E-state index contributed by atoms with van der Waals surface area (Å²) in [6.45, 7) is 0.207. The lowest BCUT2D eigenvalue weighted by molar-refractivity contribution is -0.115. The standard InChI is InChI=1S/C24H18BrFN2O3S/c1-30-20-8-6-19(7-9-20)27-24-28-23(29)22(32-24)13-16-12-17(25)5-10-21(16)31-14-15-3-2-4-18(26)11-15/h2-13H,14H2,1H3,(H,27,28,29). The summed E-state index contributed by atoms with van der Waals surface area (Å²) in [6, 6.07) is 19.0. The Hall–Kier alpha value is -3.10. The second kappa shape index (κ2) is 10.0. The number of nitrogens with one attached hydrogen (secondary N) is 1. The van der Waals surface area contributed by atoms with Crippen LogP contribution in [-0.4, -0.2) is 18.2 Å². The van der Waals surface area contributed by atoms with E-state index in [1.54, 1.807) is 43.5 Å². The fourth-order valence-corrected chi connectivity index (χ4v) is 4.16. The number of halogens is 2. The summed E-state index contributed by atoms with van der Waals surface area (Å²) in [5.74, 6) is 0.766. The number of amides is 1. The van der Waals surface area contributed by atoms with Gasteiger partial charge in [-0.05, 0) is 78.0 Å². The molecule has 3 aromatic carbocycles. The predicted molar refractivity (Wildman–Crippen MR) is 129 cm³/mol. The molecule has 0 saturated carbocycles. The van der Waals surface area contributed by atoms with Gasteiger partial charge >= 0.3 is 0 Å². The van der Waals surface area contributed by atoms with E-state index in [0.29, 0.717) is 27.1 Å². The minimum absolute atomic E-state index is 0.207. The molecule has 162 valence electrons. The molecule has 1 N–H and O–H groups in total. The summed E-state index contributed by atoms with van der Waals surface area (Å²) in [4.78, 5) is 17.5. The minimum Gasteiger partial charge on any atom is -0.497 e. The maximum Gasteiger partial charge on any atom is 0.264 e. The first-order chi connectivity index (χ1) is 15.5. The second-order valence-electron chi connectivity index (χ2n) is 6.78. The number of thioether (sulfide) groups is 1. The van der Waals surface area contributed by atoms with E-state index in [1.165, 1.54) is 23.9 Å². The average molecular weight is 513 g/mol. The molecule has 32 heavy (non-hydrogen) atoms. The number of amidine groups is 1. The lowest BCUT2D eigenvalue weighted by Gasteiger charge is -2.10.